The molecule has 1 aromatic heterocycles. The van der Waals surface area contributed by atoms with Gasteiger partial charge in [0.1, 0.15) is 16.9 Å². The second-order valence-electron chi connectivity index (χ2n) is 13.4. The minimum absolute atomic E-state index is 0.0835. The van der Waals surface area contributed by atoms with Crippen LogP contribution in [0.5, 0.6) is 0 Å². The summed E-state index contributed by atoms with van der Waals surface area (Å²) < 4.78 is 22.6. The maximum absolute atomic E-state index is 13.4. The summed E-state index contributed by atoms with van der Waals surface area (Å²) in [6.45, 7) is 14.4. The summed E-state index contributed by atoms with van der Waals surface area (Å²) in [5.41, 5.74) is 0.0561. The Morgan fingerprint density at radius 2 is 1.82 bits per heavy atom. The number of thiazole rings is 1. The van der Waals surface area contributed by atoms with Crippen molar-refractivity contribution in [2.75, 3.05) is 40.5 Å². The van der Waals surface area contributed by atoms with Gasteiger partial charge >= 0.3 is 5.97 Å². The first kappa shape index (κ1) is 36.7. The molecule has 11 heteroatoms. The lowest BCUT2D eigenvalue weighted by Crippen LogP contribution is -2.45. The van der Waals surface area contributed by atoms with E-state index >= 15 is 0 Å². The molecule has 2 aliphatic heterocycles. The van der Waals surface area contributed by atoms with Gasteiger partial charge in [-0.25, -0.2) is 4.98 Å². The number of aromatic nitrogens is 1. The maximum atomic E-state index is 13.4. The Morgan fingerprint density at radius 1 is 1.16 bits per heavy atom. The standard InChI is InChI=1S/C33H54N2O8S/c1-21-10-9-11-33(6)27(43-33)17-25(42-29(37)18-26(36)32(4,5)31(39)23(3)30(21)38)22(2)16-24-20-44-28(34-24)19-35(12-14-40-7)13-15-41-8/h16,20-21,23,25-27,30,36,38H,9-15,17-19H2,1-8H3/t21-,23+,25-,26-,27-,30-,33+/m0/s1. The molecule has 1 aromatic rings. The average molecular weight is 639 g/mol. The molecule has 7 atom stereocenters. The number of ketones is 1. The summed E-state index contributed by atoms with van der Waals surface area (Å²) in [7, 11) is 3.38. The highest BCUT2D eigenvalue weighted by atomic mass is 32.1. The van der Waals surface area contributed by atoms with Gasteiger partial charge in [0.05, 0.1) is 61.2 Å². The quantitative estimate of drug-likeness (QED) is 0.283. The summed E-state index contributed by atoms with van der Waals surface area (Å²) in [6, 6.07) is 0. The van der Waals surface area contributed by atoms with Crippen molar-refractivity contribution in [3.05, 3.63) is 21.7 Å². The van der Waals surface area contributed by atoms with Crippen molar-refractivity contribution >= 4 is 29.2 Å². The van der Waals surface area contributed by atoms with Gasteiger partial charge in [0.15, 0.2) is 0 Å². The zero-order chi connectivity index (χ0) is 32.7. The molecule has 0 bridgehead atoms. The van der Waals surface area contributed by atoms with E-state index in [2.05, 4.69) is 11.8 Å². The number of aliphatic hydroxyl groups is 2. The maximum Gasteiger partial charge on any atom is 0.309 e. The van der Waals surface area contributed by atoms with Crippen molar-refractivity contribution in [2.45, 2.75) is 110 Å². The number of carbonyl (C=O) groups is 2. The minimum atomic E-state index is -1.26. The Kier molecular flexibility index (Phi) is 13.5. The Bertz CT molecular complexity index is 1120. The van der Waals surface area contributed by atoms with Crippen LogP contribution < -0.4 is 0 Å². The minimum Gasteiger partial charge on any atom is -0.458 e. The third kappa shape index (κ3) is 9.88. The lowest BCUT2D eigenvalue weighted by atomic mass is 9.73. The lowest BCUT2D eigenvalue weighted by Gasteiger charge is -2.34. The Hall–Kier alpha value is -1.73. The van der Waals surface area contributed by atoms with Gasteiger partial charge in [-0.2, -0.15) is 0 Å². The molecular formula is C33H54N2O8S. The molecule has 44 heavy (non-hydrogen) atoms. The summed E-state index contributed by atoms with van der Waals surface area (Å²) >= 11 is 1.58. The lowest BCUT2D eigenvalue weighted by molar-refractivity contribution is -0.154. The van der Waals surface area contributed by atoms with Gasteiger partial charge in [0.25, 0.3) is 0 Å². The number of methoxy groups -OCH3 is 2. The van der Waals surface area contributed by atoms with E-state index in [-0.39, 0.29) is 29.8 Å². The van der Waals surface area contributed by atoms with Crippen molar-refractivity contribution < 1.29 is 38.7 Å². The first-order valence-corrected chi connectivity index (χ1v) is 16.7. The Labute approximate surface area is 267 Å². The molecule has 10 nitrogen and oxygen atoms in total. The number of nitrogens with zero attached hydrogens (tertiary/aromatic N) is 2. The van der Waals surface area contributed by atoms with E-state index in [9.17, 15) is 19.8 Å². The molecule has 2 N–H and O–H groups in total. The SMILES string of the molecule is COCCN(CCOC)Cc1nc(C=C(C)[C@@H]2C[C@@H]3O[C@]3(C)CCC[C@H](C)[C@H](O)[C@@H](C)C(=O)C(C)(C)[C@@H](O)CC(=O)O2)cs1. The molecule has 0 spiro atoms. The summed E-state index contributed by atoms with van der Waals surface area (Å²) in [5.74, 6) is -1.62. The van der Waals surface area contributed by atoms with Crippen LogP contribution in [0.3, 0.4) is 0 Å². The number of rotatable bonds is 10. The zero-order valence-electron chi connectivity index (χ0n) is 27.8. The van der Waals surface area contributed by atoms with Crippen molar-refractivity contribution in [1.29, 1.82) is 0 Å². The van der Waals surface area contributed by atoms with Crippen molar-refractivity contribution in [2.24, 2.45) is 17.3 Å². The van der Waals surface area contributed by atoms with E-state index in [0.29, 0.717) is 26.2 Å². The van der Waals surface area contributed by atoms with Gasteiger partial charge in [0, 0.05) is 45.0 Å². The van der Waals surface area contributed by atoms with E-state index in [1.165, 1.54) is 0 Å². The molecule has 2 aliphatic rings. The molecule has 2 fully saturated rings. The van der Waals surface area contributed by atoms with Crippen LogP contribution in [-0.2, 0) is 35.1 Å². The predicted molar refractivity (Wildman–Crippen MR) is 170 cm³/mol. The summed E-state index contributed by atoms with van der Waals surface area (Å²) in [5, 5.41) is 24.9. The monoisotopic (exact) mass is 638 g/mol. The molecule has 0 aliphatic carbocycles. The molecular weight excluding hydrogens is 584 g/mol. The van der Waals surface area contributed by atoms with E-state index in [0.717, 1.165) is 48.6 Å². The first-order chi connectivity index (χ1) is 20.7. The third-order valence-electron chi connectivity index (χ3n) is 9.44. The fourth-order valence-corrected chi connectivity index (χ4v) is 6.78. The largest absolute Gasteiger partial charge is 0.458 e. The number of aliphatic hydroxyl groups excluding tert-OH is 2. The van der Waals surface area contributed by atoms with Crippen molar-refractivity contribution in [3.8, 4) is 0 Å². The molecule has 2 saturated heterocycles. The molecule has 0 amide bonds. The number of carbonyl (C=O) groups excluding carboxylic acids is 2. The third-order valence-corrected chi connectivity index (χ3v) is 10.3. The number of cyclic esters (lactones) is 1. The summed E-state index contributed by atoms with van der Waals surface area (Å²) in [6.07, 6.45) is 1.75. The number of ether oxygens (including phenoxy) is 4. The molecule has 0 radical (unpaired) electrons. The van der Waals surface area contributed by atoms with Gasteiger partial charge in [-0.3, -0.25) is 14.5 Å². The van der Waals surface area contributed by atoms with E-state index < -0.39 is 35.6 Å². The first-order valence-electron chi connectivity index (χ1n) is 15.8. The molecule has 0 saturated carbocycles. The topological polar surface area (TPSA) is 131 Å². The Balaban J connectivity index is 1.80. The van der Waals surface area contributed by atoms with E-state index in [1.54, 1.807) is 46.3 Å². The fourth-order valence-electron chi connectivity index (χ4n) is 5.99. The second-order valence-corrected chi connectivity index (χ2v) is 14.3. The number of Topliss-reactive ketones (excluding diaryl/α,β-unsaturated/α-hetero) is 1. The van der Waals surface area contributed by atoms with Crippen LogP contribution >= 0.6 is 11.3 Å². The van der Waals surface area contributed by atoms with Gasteiger partial charge in [0.2, 0.25) is 0 Å². The van der Waals surface area contributed by atoms with Gasteiger partial charge in [-0.1, -0.05) is 34.1 Å². The van der Waals surface area contributed by atoms with Crippen LogP contribution in [-0.4, -0.2) is 102 Å². The van der Waals surface area contributed by atoms with Gasteiger partial charge in [-0.05, 0) is 44.3 Å². The predicted octanol–water partition coefficient (Wildman–Crippen LogP) is 4.26. The highest BCUT2D eigenvalue weighted by Gasteiger charge is 2.53. The van der Waals surface area contributed by atoms with Gasteiger partial charge in [-0.15, -0.1) is 11.3 Å². The van der Waals surface area contributed by atoms with Crippen molar-refractivity contribution in [1.82, 2.24) is 9.88 Å². The molecule has 3 heterocycles. The second kappa shape index (κ2) is 16.2. The smallest absolute Gasteiger partial charge is 0.309 e. The zero-order valence-corrected chi connectivity index (χ0v) is 28.7. The molecule has 0 unspecified atom stereocenters. The van der Waals surface area contributed by atoms with Crippen LogP contribution in [0, 0.1) is 17.3 Å². The van der Waals surface area contributed by atoms with Crippen LogP contribution in [0.15, 0.2) is 11.0 Å². The van der Waals surface area contributed by atoms with Crippen LogP contribution in [0.1, 0.15) is 84.3 Å². The molecule has 0 aromatic carbocycles. The highest BCUT2D eigenvalue weighted by molar-refractivity contribution is 7.09. The average Bonchev–Trinajstić information content (AvgIpc) is 3.39. The highest BCUT2D eigenvalue weighted by Crippen LogP contribution is 2.45. The van der Waals surface area contributed by atoms with Gasteiger partial charge < -0.3 is 29.2 Å². The molecule has 3 rings (SSSR count). The number of esters is 1. The number of hydrogen-bond acceptors (Lipinski definition) is 11. The van der Waals surface area contributed by atoms with Crippen LogP contribution in [0.4, 0.5) is 0 Å². The van der Waals surface area contributed by atoms with E-state index in [1.807, 2.05) is 25.3 Å². The van der Waals surface area contributed by atoms with Crippen LogP contribution in [0.25, 0.3) is 6.08 Å². The van der Waals surface area contributed by atoms with Crippen molar-refractivity contribution in [3.63, 3.8) is 0 Å². The molecule has 250 valence electrons. The normalized spacial score (nSPS) is 32.4. The number of hydrogen-bond donors (Lipinski definition) is 2. The Morgan fingerprint density at radius 3 is 2.45 bits per heavy atom. The number of epoxide rings is 1. The number of fused-ring (bicyclic) bond motifs is 1. The van der Waals surface area contributed by atoms with Crippen LogP contribution in [0.2, 0.25) is 0 Å². The fraction of sp³-hybridized carbons (Fsp3) is 0.788. The summed E-state index contributed by atoms with van der Waals surface area (Å²) in [4.78, 5) is 33.6. The van der Waals surface area contributed by atoms with E-state index in [4.69, 9.17) is 23.9 Å².